The zero-order chi connectivity index (χ0) is 14.8. The predicted molar refractivity (Wildman–Crippen MR) is 74.9 cm³/mol. The Morgan fingerprint density at radius 1 is 1.19 bits per heavy atom. The van der Waals surface area contributed by atoms with Gasteiger partial charge in [0.15, 0.2) is 0 Å². The molecule has 0 saturated carbocycles. The maximum absolute atomic E-state index is 13.5. The number of hydrogen-bond acceptors (Lipinski definition) is 3. The standard InChI is InChI=1S/C15H14F2N4/c1-2-19-15(10-5-11(16)7-12(17)6-10)13-8-20-21-4-3-18-9-14(13)21/h3-9,15,19H,2H2,1H3. The smallest absolute Gasteiger partial charge is 0.126 e. The number of hydrogen-bond donors (Lipinski definition) is 1. The van der Waals surface area contributed by atoms with Gasteiger partial charge in [0.05, 0.1) is 24.0 Å². The quantitative estimate of drug-likeness (QED) is 0.802. The molecule has 0 saturated heterocycles. The van der Waals surface area contributed by atoms with Crippen LogP contribution in [0, 0.1) is 11.6 Å². The fraction of sp³-hybridized carbons (Fsp3) is 0.200. The Morgan fingerprint density at radius 3 is 2.67 bits per heavy atom. The fourth-order valence-electron chi connectivity index (χ4n) is 2.43. The van der Waals surface area contributed by atoms with Gasteiger partial charge in [-0.1, -0.05) is 6.92 Å². The second kappa shape index (κ2) is 5.57. The van der Waals surface area contributed by atoms with Gasteiger partial charge in [0, 0.05) is 24.0 Å². The van der Waals surface area contributed by atoms with Crippen LogP contribution >= 0.6 is 0 Å². The number of benzene rings is 1. The highest BCUT2D eigenvalue weighted by atomic mass is 19.1. The third-order valence-corrected chi connectivity index (χ3v) is 3.29. The van der Waals surface area contributed by atoms with Crippen molar-refractivity contribution in [3.05, 3.63) is 65.7 Å². The van der Waals surface area contributed by atoms with Crippen LogP contribution in [0.25, 0.3) is 5.52 Å². The summed E-state index contributed by atoms with van der Waals surface area (Å²) in [7, 11) is 0. The Morgan fingerprint density at radius 2 is 1.95 bits per heavy atom. The van der Waals surface area contributed by atoms with Gasteiger partial charge in [-0.2, -0.15) is 5.10 Å². The zero-order valence-corrected chi connectivity index (χ0v) is 11.4. The lowest BCUT2D eigenvalue weighted by Gasteiger charge is -2.17. The molecule has 0 radical (unpaired) electrons. The van der Waals surface area contributed by atoms with Crippen LogP contribution in [0.4, 0.5) is 8.78 Å². The van der Waals surface area contributed by atoms with Crippen molar-refractivity contribution in [1.29, 1.82) is 0 Å². The lowest BCUT2D eigenvalue weighted by Crippen LogP contribution is -2.22. The van der Waals surface area contributed by atoms with Gasteiger partial charge < -0.3 is 5.32 Å². The molecule has 0 bridgehead atoms. The summed E-state index contributed by atoms with van der Waals surface area (Å²) in [5, 5.41) is 7.47. The molecule has 3 aromatic rings. The summed E-state index contributed by atoms with van der Waals surface area (Å²) >= 11 is 0. The van der Waals surface area contributed by atoms with Crippen molar-refractivity contribution in [3.63, 3.8) is 0 Å². The number of fused-ring (bicyclic) bond motifs is 1. The van der Waals surface area contributed by atoms with Gasteiger partial charge in [-0.25, -0.2) is 13.3 Å². The Hall–Kier alpha value is -2.34. The molecule has 0 amide bonds. The molecular formula is C15H14F2N4. The van der Waals surface area contributed by atoms with Crippen molar-refractivity contribution < 1.29 is 8.78 Å². The van der Waals surface area contributed by atoms with Gasteiger partial charge in [0.2, 0.25) is 0 Å². The van der Waals surface area contributed by atoms with Gasteiger partial charge in [0.25, 0.3) is 0 Å². The highest BCUT2D eigenvalue weighted by molar-refractivity contribution is 5.55. The molecule has 1 N–H and O–H groups in total. The summed E-state index contributed by atoms with van der Waals surface area (Å²) in [5.74, 6) is -1.19. The highest BCUT2D eigenvalue weighted by Crippen LogP contribution is 2.26. The molecule has 0 aliphatic carbocycles. The molecule has 0 aliphatic rings. The van der Waals surface area contributed by atoms with Crippen LogP contribution < -0.4 is 5.32 Å². The minimum atomic E-state index is -0.595. The average Bonchev–Trinajstić information content (AvgIpc) is 2.87. The molecule has 0 aliphatic heterocycles. The van der Waals surface area contributed by atoms with Crippen molar-refractivity contribution in [1.82, 2.24) is 19.9 Å². The largest absolute Gasteiger partial charge is 0.306 e. The normalized spacial score (nSPS) is 12.7. The summed E-state index contributed by atoms with van der Waals surface area (Å²) in [5.41, 5.74) is 2.15. The van der Waals surface area contributed by atoms with Gasteiger partial charge in [-0.3, -0.25) is 4.98 Å². The Balaban J connectivity index is 2.13. The van der Waals surface area contributed by atoms with E-state index in [1.165, 1.54) is 12.1 Å². The molecule has 108 valence electrons. The van der Waals surface area contributed by atoms with E-state index in [0.29, 0.717) is 12.1 Å². The van der Waals surface area contributed by atoms with E-state index in [0.717, 1.165) is 17.1 Å². The first-order valence-electron chi connectivity index (χ1n) is 6.65. The Labute approximate surface area is 120 Å². The molecule has 0 fully saturated rings. The van der Waals surface area contributed by atoms with E-state index >= 15 is 0 Å². The first-order chi connectivity index (χ1) is 10.2. The van der Waals surface area contributed by atoms with E-state index in [2.05, 4.69) is 15.4 Å². The van der Waals surface area contributed by atoms with Crippen molar-refractivity contribution in [2.45, 2.75) is 13.0 Å². The van der Waals surface area contributed by atoms with Crippen molar-refractivity contribution >= 4 is 5.52 Å². The number of rotatable bonds is 4. The number of nitrogens with one attached hydrogen (secondary N) is 1. The monoisotopic (exact) mass is 288 g/mol. The molecule has 21 heavy (non-hydrogen) atoms. The third-order valence-electron chi connectivity index (χ3n) is 3.29. The first kappa shape index (κ1) is 13.6. The summed E-state index contributed by atoms with van der Waals surface area (Å²) in [6, 6.07) is 3.18. The fourth-order valence-corrected chi connectivity index (χ4v) is 2.43. The SMILES string of the molecule is CCNC(c1cc(F)cc(F)c1)c1cnn2ccncc12. The lowest BCUT2D eigenvalue weighted by atomic mass is 10.00. The third kappa shape index (κ3) is 2.62. The summed E-state index contributed by atoms with van der Waals surface area (Å²) in [6.45, 7) is 2.59. The first-order valence-corrected chi connectivity index (χ1v) is 6.65. The molecule has 1 atom stereocenters. The number of aromatic nitrogens is 3. The van der Waals surface area contributed by atoms with Crippen molar-refractivity contribution in [2.75, 3.05) is 6.54 Å². The molecule has 3 rings (SSSR count). The Bertz CT molecular complexity index is 749. The van der Waals surface area contributed by atoms with Crippen LogP contribution in [0.5, 0.6) is 0 Å². The van der Waals surface area contributed by atoms with Gasteiger partial charge >= 0.3 is 0 Å². The van der Waals surface area contributed by atoms with E-state index in [4.69, 9.17) is 0 Å². The van der Waals surface area contributed by atoms with Gasteiger partial charge in [0.1, 0.15) is 11.6 Å². The zero-order valence-electron chi connectivity index (χ0n) is 11.4. The Kier molecular flexibility index (Phi) is 3.62. The minimum Gasteiger partial charge on any atom is -0.306 e. The molecular weight excluding hydrogens is 274 g/mol. The molecule has 1 unspecified atom stereocenters. The molecule has 2 heterocycles. The predicted octanol–water partition coefficient (Wildman–Crippen LogP) is 2.71. The summed E-state index contributed by atoms with van der Waals surface area (Å²) in [4.78, 5) is 4.08. The van der Waals surface area contributed by atoms with Crippen molar-refractivity contribution in [2.24, 2.45) is 0 Å². The van der Waals surface area contributed by atoms with Crippen LogP contribution in [0.1, 0.15) is 24.1 Å². The number of nitrogens with zero attached hydrogens (tertiary/aromatic N) is 3. The lowest BCUT2D eigenvalue weighted by molar-refractivity contribution is 0.566. The van der Waals surface area contributed by atoms with Crippen LogP contribution in [0.3, 0.4) is 0 Å². The minimum absolute atomic E-state index is 0.345. The van der Waals surface area contributed by atoms with E-state index < -0.39 is 11.6 Å². The average molecular weight is 288 g/mol. The van der Waals surface area contributed by atoms with Crippen LogP contribution in [0.15, 0.2) is 43.0 Å². The summed E-state index contributed by atoms with van der Waals surface area (Å²) < 4.78 is 28.6. The van der Waals surface area contributed by atoms with E-state index in [9.17, 15) is 8.78 Å². The van der Waals surface area contributed by atoms with E-state index in [1.54, 1.807) is 29.3 Å². The van der Waals surface area contributed by atoms with Crippen LogP contribution in [-0.2, 0) is 0 Å². The van der Waals surface area contributed by atoms with Gasteiger partial charge in [-0.05, 0) is 24.2 Å². The number of halogens is 2. The molecule has 2 aromatic heterocycles. The molecule has 0 spiro atoms. The van der Waals surface area contributed by atoms with E-state index in [-0.39, 0.29) is 6.04 Å². The molecule has 6 heteroatoms. The highest BCUT2D eigenvalue weighted by Gasteiger charge is 2.19. The maximum atomic E-state index is 13.5. The maximum Gasteiger partial charge on any atom is 0.126 e. The van der Waals surface area contributed by atoms with Crippen molar-refractivity contribution in [3.8, 4) is 0 Å². The second-order valence-electron chi connectivity index (χ2n) is 4.70. The second-order valence-corrected chi connectivity index (χ2v) is 4.70. The van der Waals surface area contributed by atoms with Crippen LogP contribution in [0.2, 0.25) is 0 Å². The van der Waals surface area contributed by atoms with Gasteiger partial charge in [-0.15, -0.1) is 0 Å². The van der Waals surface area contributed by atoms with E-state index in [1.807, 2.05) is 6.92 Å². The topological polar surface area (TPSA) is 42.2 Å². The molecule has 1 aromatic carbocycles. The molecule has 4 nitrogen and oxygen atoms in total. The van der Waals surface area contributed by atoms with Crippen LogP contribution in [-0.4, -0.2) is 21.1 Å². The summed E-state index contributed by atoms with van der Waals surface area (Å²) in [6.07, 6.45) is 6.73.